The highest BCUT2D eigenvalue weighted by molar-refractivity contribution is 7.09. The number of likely N-dealkylation sites (tertiary alicyclic amines) is 1. The molecule has 1 N–H and O–H groups in total. The zero-order valence-corrected chi connectivity index (χ0v) is 9.44. The van der Waals surface area contributed by atoms with Crippen LogP contribution in [0.3, 0.4) is 0 Å². The van der Waals surface area contributed by atoms with E-state index in [1.165, 1.54) is 11.3 Å². The predicted molar refractivity (Wildman–Crippen MR) is 57.9 cm³/mol. The van der Waals surface area contributed by atoms with Gasteiger partial charge in [0.05, 0.1) is 12.5 Å². The molecule has 1 amide bonds. The van der Waals surface area contributed by atoms with Crippen LogP contribution < -0.4 is 0 Å². The second-order valence-corrected chi connectivity index (χ2v) is 4.75. The molecule has 5 nitrogen and oxygen atoms in total. The van der Waals surface area contributed by atoms with Crippen molar-refractivity contribution in [1.82, 2.24) is 9.88 Å². The maximum atomic E-state index is 11.6. The van der Waals surface area contributed by atoms with Gasteiger partial charge in [0.1, 0.15) is 5.01 Å². The molecule has 1 unspecified atom stereocenters. The van der Waals surface area contributed by atoms with Crippen molar-refractivity contribution in [3.63, 3.8) is 0 Å². The Kier molecular flexibility index (Phi) is 3.19. The van der Waals surface area contributed by atoms with Gasteiger partial charge < -0.3 is 10.0 Å². The minimum absolute atomic E-state index is 0.0210. The number of thiazole rings is 1. The zero-order valence-electron chi connectivity index (χ0n) is 8.63. The number of nitrogens with zero attached hydrogens (tertiary/aromatic N) is 2. The van der Waals surface area contributed by atoms with E-state index < -0.39 is 11.9 Å². The summed E-state index contributed by atoms with van der Waals surface area (Å²) in [4.78, 5) is 28.1. The molecule has 1 aliphatic rings. The van der Waals surface area contributed by atoms with Gasteiger partial charge in [-0.15, -0.1) is 11.3 Å². The fourth-order valence-corrected chi connectivity index (χ4v) is 2.39. The van der Waals surface area contributed by atoms with Crippen LogP contribution in [-0.2, 0) is 16.1 Å². The smallest absolute Gasteiger partial charge is 0.308 e. The minimum atomic E-state index is -0.823. The number of hydrogen-bond acceptors (Lipinski definition) is 4. The van der Waals surface area contributed by atoms with Gasteiger partial charge in [-0.05, 0) is 6.42 Å². The molecule has 2 rings (SSSR count). The Bertz CT molecular complexity index is 391. The van der Waals surface area contributed by atoms with Gasteiger partial charge in [0.25, 0.3) is 0 Å². The van der Waals surface area contributed by atoms with Gasteiger partial charge in [-0.25, -0.2) is 4.98 Å². The number of carbonyl (C=O) groups is 2. The monoisotopic (exact) mass is 240 g/mol. The van der Waals surface area contributed by atoms with Crippen LogP contribution in [-0.4, -0.2) is 33.4 Å². The van der Waals surface area contributed by atoms with Crippen molar-refractivity contribution < 1.29 is 14.7 Å². The fourth-order valence-electron chi connectivity index (χ4n) is 1.76. The molecule has 86 valence electrons. The van der Waals surface area contributed by atoms with Crippen molar-refractivity contribution in [2.75, 3.05) is 6.54 Å². The van der Waals surface area contributed by atoms with Crippen molar-refractivity contribution in [2.24, 2.45) is 5.92 Å². The fraction of sp³-hybridized carbons (Fsp3) is 0.500. The first-order chi connectivity index (χ1) is 7.66. The van der Waals surface area contributed by atoms with E-state index in [1.807, 2.05) is 5.38 Å². The SMILES string of the molecule is O=C(O)C1CCC(=O)N(Cc2nccs2)C1. The number of carboxylic acids is 1. The first kappa shape index (κ1) is 11.1. The predicted octanol–water partition coefficient (Wildman–Crippen LogP) is 0.966. The number of rotatable bonds is 3. The summed E-state index contributed by atoms with van der Waals surface area (Å²) in [6.45, 7) is 0.730. The summed E-state index contributed by atoms with van der Waals surface area (Å²) in [7, 11) is 0. The average Bonchev–Trinajstić information content (AvgIpc) is 2.73. The summed E-state index contributed by atoms with van der Waals surface area (Å²) in [5.41, 5.74) is 0. The number of piperidine rings is 1. The Morgan fingerprint density at radius 2 is 2.50 bits per heavy atom. The highest BCUT2D eigenvalue weighted by Crippen LogP contribution is 2.20. The quantitative estimate of drug-likeness (QED) is 0.854. The lowest BCUT2D eigenvalue weighted by Crippen LogP contribution is -2.41. The summed E-state index contributed by atoms with van der Waals surface area (Å²) >= 11 is 1.48. The summed E-state index contributed by atoms with van der Waals surface area (Å²) in [6.07, 6.45) is 2.45. The summed E-state index contributed by atoms with van der Waals surface area (Å²) in [5.74, 6) is -1.23. The summed E-state index contributed by atoms with van der Waals surface area (Å²) < 4.78 is 0. The van der Waals surface area contributed by atoms with Gasteiger partial charge in [0, 0.05) is 24.5 Å². The van der Waals surface area contributed by atoms with E-state index in [2.05, 4.69) is 4.98 Å². The molecule has 6 heteroatoms. The van der Waals surface area contributed by atoms with Crippen LogP contribution in [0.2, 0.25) is 0 Å². The van der Waals surface area contributed by atoms with E-state index in [4.69, 9.17) is 5.11 Å². The van der Waals surface area contributed by atoms with E-state index in [-0.39, 0.29) is 5.91 Å². The number of aliphatic carboxylic acids is 1. The van der Waals surface area contributed by atoms with Crippen LogP contribution in [0.25, 0.3) is 0 Å². The zero-order chi connectivity index (χ0) is 11.5. The number of hydrogen-bond donors (Lipinski definition) is 1. The first-order valence-electron chi connectivity index (χ1n) is 5.06. The topological polar surface area (TPSA) is 70.5 Å². The third-order valence-electron chi connectivity index (χ3n) is 2.66. The molecule has 0 aliphatic carbocycles. The molecule has 1 aromatic rings. The molecule has 0 bridgehead atoms. The maximum Gasteiger partial charge on any atom is 0.308 e. The lowest BCUT2D eigenvalue weighted by molar-refractivity contribution is -0.147. The Labute approximate surface area is 96.7 Å². The highest BCUT2D eigenvalue weighted by Gasteiger charge is 2.30. The maximum absolute atomic E-state index is 11.6. The van der Waals surface area contributed by atoms with Crippen LogP contribution in [0.5, 0.6) is 0 Å². The van der Waals surface area contributed by atoms with E-state index in [9.17, 15) is 9.59 Å². The van der Waals surface area contributed by atoms with E-state index in [0.717, 1.165) is 5.01 Å². The molecule has 2 heterocycles. The van der Waals surface area contributed by atoms with Gasteiger partial charge >= 0.3 is 5.97 Å². The molecule has 1 aromatic heterocycles. The van der Waals surface area contributed by atoms with Gasteiger partial charge in [0.2, 0.25) is 5.91 Å². The molecule has 1 aliphatic heterocycles. The van der Waals surface area contributed by atoms with Crippen LogP contribution in [0.4, 0.5) is 0 Å². The van der Waals surface area contributed by atoms with Crippen molar-refractivity contribution in [3.05, 3.63) is 16.6 Å². The number of carboxylic acid groups (broad SMARTS) is 1. The minimum Gasteiger partial charge on any atom is -0.481 e. The van der Waals surface area contributed by atoms with Crippen LogP contribution in [0, 0.1) is 5.92 Å². The van der Waals surface area contributed by atoms with Crippen molar-refractivity contribution >= 4 is 23.2 Å². The molecule has 1 saturated heterocycles. The van der Waals surface area contributed by atoms with E-state index in [0.29, 0.717) is 25.9 Å². The average molecular weight is 240 g/mol. The molecule has 16 heavy (non-hydrogen) atoms. The second-order valence-electron chi connectivity index (χ2n) is 3.77. The standard InChI is InChI=1S/C10H12N2O3S/c13-9-2-1-7(10(14)15)5-12(9)6-8-11-3-4-16-8/h3-4,7H,1-2,5-6H2,(H,14,15). The molecule has 1 fully saturated rings. The van der Waals surface area contributed by atoms with E-state index in [1.54, 1.807) is 11.1 Å². The lowest BCUT2D eigenvalue weighted by atomic mass is 9.98. The number of amides is 1. The Balaban J connectivity index is 2.01. The van der Waals surface area contributed by atoms with Crippen LogP contribution >= 0.6 is 11.3 Å². The van der Waals surface area contributed by atoms with Crippen LogP contribution in [0.15, 0.2) is 11.6 Å². The molecular formula is C10H12N2O3S. The first-order valence-corrected chi connectivity index (χ1v) is 5.93. The van der Waals surface area contributed by atoms with Gasteiger partial charge in [-0.2, -0.15) is 0 Å². The Morgan fingerprint density at radius 3 is 3.12 bits per heavy atom. The van der Waals surface area contributed by atoms with Gasteiger partial charge in [0.15, 0.2) is 0 Å². The summed E-state index contributed by atoms with van der Waals surface area (Å²) in [6, 6.07) is 0. The third kappa shape index (κ3) is 2.38. The summed E-state index contributed by atoms with van der Waals surface area (Å²) in [5, 5.41) is 11.6. The molecule has 1 atom stereocenters. The highest BCUT2D eigenvalue weighted by atomic mass is 32.1. The Morgan fingerprint density at radius 1 is 1.69 bits per heavy atom. The van der Waals surface area contributed by atoms with Crippen molar-refractivity contribution in [1.29, 1.82) is 0 Å². The van der Waals surface area contributed by atoms with Gasteiger partial charge in [-0.3, -0.25) is 9.59 Å². The molecule has 0 radical (unpaired) electrons. The normalized spacial score (nSPS) is 21.1. The third-order valence-corrected chi connectivity index (χ3v) is 3.42. The van der Waals surface area contributed by atoms with Gasteiger partial charge in [-0.1, -0.05) is 0 Å². The second kappa shape index (κ2) is 4.61. The number of carbonyl (C=O) groups excluding carboxylic acids is 1. The van der Waals surface area contributed by atoms with Crippen LogP contribution in [0.1, 0.15) is 17.8 Å². The molecule has 0 saturated carbocycles. The molecule has 0 spiro atoms. The molecule has 0 aromatic carbocycles. The Hall–Kier alpha value is -1.43. The lowest BCUT2D eigenvalue weighted by Gasteiger charge is -2.29. The van der Waals surface area contributed by atoms with E-state index >= 15 is 0 Å². The van der Waals surface area contributed by atoms with Crippen molar-refractivity contribution in [3.8, 4) is 0 Å². The number of aromatic nitrogens is 1. The van der Waals surface area contributed by atoms with Crippen molar-refractivity contribution in [2.45, 2.75) is 19.4 Å². The largest absolute Gasteiger partial charge is 0.481 e. The molecular weight excluding hydrogens is 228 g/mol.